The number of aromatic nitrogens is 3. The maximum Gasteiger partial charge on any atom is 0.422 e. The van der Waals surface area contributed by atoms with Gasteiger partial charge in [-0.05, 0) is 55.5 Å². The average molecular weight is 574 g/mol. The summed E-state index contributed by atoms with van der Waals surface area (Å²) in [5.41, 5.74) is 1.50. The predicted molar refractivity (Wildman–Crippen MR) is 145 cm³/mol. The number of nitrogens with one attached hydrogen (secondary N) is 2. The number of nitrogens with zero attached hydrogens (tertiary/aromatic N) is 3. The highest BCUT2D eigenvalue weighted by atomic mass is 19.4. The van der Waals surface area contributed by atoms with E-state index in [0.717, 1.165) is 30.6 Å². The molecule has 3 heterocycles. The molecule has 0 unspecified atom stereocenters. The summed E-state index contributed by atoms with van der Waals surface area (Å²) in [7, 11) is 1.27. The van der Waals surface area contributed by atoms with Crippen LogP contribution in [0.2, 0.25) is 0 Å². The highest BCUT2D eigenvalue weighted by Gasteiger charge is 2.29. The van der Waals surface area contributed by atoms with Gasteiger partial charge in [-0.3, -0.25) is 0 Å². The van der Waals surface area contributed by atoms with Crippen LogP contribution in [-0.2, 0) is 11.3 Å². The molecule has 2 aliphatic heterocycles. The molecule has 0 fully saturated rings. The highest BCUT2D eigenvalue weighted by molar-refractivity contribution is 5.93. The van der Waals surface area contributed by atoms with E-state index < -0.39 is 24.8 Å². The van der Waals surface area contributed by atoms with E-state index in [2.05, 4.69) is 37.7 Å². The third-order valence-electron chi connectivity index (χ3n) is 5.72. The number of rotatable bonds is 3. The van der Waals surface area contributed by atoms with Crippen LogP contribution in [0.15, 0.2) is 54.6 Å². The number of allylic oxidation sites excluding steroid dienone is 2. The first-order chi connectivity index (χ1) is 19.8. The molecular weight excluding hydrogens is 543 g/mol. The molecule has 0 saturated heterocycles. The van der Waals surface area contributed by atoms with Gasteiger partial charge in [-0.2, -0.15) is 28.1 Å². The number of anilines is 3. The lowest BCUT2D eigenvalue weighted by Gasteiger charge is -2.14. The van der Waals surface area contributed by atoms with Crippen LogP contribution >= 0.6 is 0 Å². The fraction of sp³-hybridized carbons (Fsp3) is 0.357. The number of carbonyl (C=O) groups is 1. The Bertz CT molecular complexity index is 1340. The van der Waals surface area contributed by atoms with E-state index in [1.807, 2.05) is 24.3 Å². The molecule has 0 spiro atoms. The van der Waals surface area contributed by atoms with Crippen LogP contribution in [0.25, 0.3) is 0 Å². The van der Waals surface area contributed by atoms with Gasteiger partial charge in [-0.1, -0.05) is 24.3 Å². The Balaban J connectivity index is 1.62. The first-order valence-electron chi connectivity index (χ1n) is 13.0. The van der Waals surface area contributed by atoms with Gasteiger partial charge in [0, 0.05) is 18.3 Å². The minimum atomic E-state index is -4.58. The molecule has 41 heavy (non-hydrogen) atoms. The maximum atomic E-state index is 12.8. The van der Waals surface area contributed by atoms with Gasteiger partial charge in [0.15, 0.2) is 6.61 Å². The Morgan fingerprint density at radius 2 is 1.66 bits per heavy atom. The molecule has 6 bridgehead atoms. The molecule has 2 N–H and O–H groups in total. The molecule has 0 amide bonds. The van der Waals surface area contributed by atoms with Crippen LogP contribution in [0, 0.1) is 0 Å². The second kappa shape index (κ2) is 14.2. The Labute approximate surface area is 234 Å². The molecule has 0 saturated carbocycles. The standard InChI is InChI=1S/C28H30F3N5O5/c1-38-24(37)22-13-10-20-16-23(22)40-15-7-5-3-2-4-6-14-39-21-11-8-19(9-12-21)17-32-25-34-26(33-20)36-27(35-25)41-18-28(29,30)31/h2-3,8-13,16H,4-7,14-15,17-18H2,1H3,(H2,32,33,34,35,36). The molecule has 0 atom stereocenters. The summed E-state index contributed by atoms with van der Waals surface area (Å²) in [6, 6.07) is 11.5. The summed E-state index contributed by atoms with van der Waals surface area (Å²) >= 11 is 0. The van der Waals surface area contributed by atoms with Crippen LogP contribution in [0.1, 0.15) is 41.6 Å². The molecule has 0 radical (unpaired) electrons. The number of methoxy groups -OCH3 is 1. The minimum Gasteiger partial charge on any atom is -0.494 e. The Morgan fingerprint density at radius 1 is 0.951 bits per heavy atom. The predicted octanol–water partition coefficient (Wildman–Crippen LogP) is 5.84. The van der Waals surface area contributed by atoms with Crippen molar-refractivity contribution in [3.8, 4) is 17.5 Å². The second-order valence-corrected chi connectivity index (χ2v) is 8.95. The second-order valence-electron chi connectivity index (χ2n) is 8.95. The first kappa shape index (κ1) is 29.4. The van der Waals surface area contributed by atoms with Gasteiger partial charge >= 0.3 is 18.2 Å². The van der Waals surface area contributed by atoms with Gasteiger partial charge in [-0.15, -0.1) is 0 Å². The number of fused-ring (bicyclic) bond motifs is 11. The molecule has 2 aliphatic rings. The lowest BCUT2D eigenvalue weighted by Crippen LogP contribution is -2.21. The summed E-state index contributed by atoms with van der Waals surface area (Å²) in [5.74, 6) is 0.340. The topological polar surface area (TPSA) is 117 Å². The van der Waals surface area contributed by atoms with Crippen LogP contribution in [0.3, 0.4) is 0 Å². The maximum absolute atomic E-state index is 12.8. The quantitative estimate of drug-likeness (QED) is 0.292. The zero-order chi connectivity index (χ0) is 29.1. The van der Waals surface area contributed by atoms with Gasteiger partial charge in [0.1, 0.15) is 17.1 Å². The van der Waals surface area contributed by atoms with E-state index in [1.165, 1.54) is 13.2 Å². The zero-order valence-corrected chi connectivity index (χ0v) is 22.4. The van der Waals surface area contributed by atoms with Crippen molar-refractivity contribution in [1.29, 1.82) is 0 Å². The van der Waals surface area contributed by atoms with E-state index in [1.54, 1.807) is 12.1 Å². The van der Waals surface area contributed by atoms with E-state index in [9.17, 15) is 18.0 Å². The summed E-state index contributed by atoms with van der Waals surface area (Å²) in [6.45, 7) is -0.386. The number of carbonyl (C=O) groups excluding carboxylic acids is 1. The van der Waals surface area contributed by atoms with E-state index in [0.29, 0.717) is 25.3 Å². The summed E-state index contributed by atoms with van der Waals surface area (Å²) in [5, 5.41) is 5.91. The van der Waals surface area contributed by atoms with Crippen molar-refractivity contribution in [3.63, 3.8) is 0 Å². The van der Waals surface area contributed by atoms with Crippen LogP contribution in [-0.4, -0.2) is 54.0 Å². The molecule has 5 rings (SSSR count). The summed E-state index contributed by atoms with van der Waals surface area (Å²) < 4.78 is 59.7. The molecule has 0 aliphatic carbocycles. The van der Waals surface area contributed by atoms with Crippen molar-refractivity contribution in [2.45, 2.75) is 38.4 Å². The minimum absolute atomic E-state index is 0.00598. The molecule has 10 nitrogen and oxygen atoms in total. The van der Waals surface area contributed by atoms with Gasteiger partial charge in [0.05, 0.1) is 20.3 Å². The zero-order valence-electron chi connectivity index (χ0n) is 22.4. The van der Waals surface area contributed by atoms with Crippen molar-refractivity contribution in [2.75, 3.05) is 37.6 Å². The molecule has 3 aromatic rings. The number of ether oxygens (including phenoxy) is 4. The fourth-order valence-electron chi connectivity index (χ4n) is 3.72. The first-order valence-corrected chi connectivity index (χ1v) is 13.0. The lowest BCUT2D eigenvalue weighted by molar-refractivity contribution is -0.154. The van der Waals surface area contributed by atoms with E-state index in [-0.39, 0.29) is 29.8 Å². The molecule has 13 heteroatoms. The highest BCUT2D eigenvalue weighted by Crippen LogP contribution is 2.27. The van der Waals surface area contributed by atoms with Crippen LogP contribution < -0.4 is 24.8 Å². The van der Waals surface area contributed by atoms with Crippen LogP contribution in [0.5, 0.6) is 17.5 Å². The average Bonchev–Trinajstić information content (AvgIpc) is 2.95. The monoisotopic (exact) mass is 573 g/mol. The third kappa shape index (κ3) is 9.55. The number of esters is 1. The summed E-state index contributed by atoms with van der Waals surface area (Å²) in [4.78, 5) is 24.5. The van der Waals surface area contributed by atoms with Crippen molar-refractivity contribution >= 4 is 23.6 Å². The number of hydrogen-bond acceptors (Lipinski definition) is 10. The smallest absolute Gasteiger partial charge is 0.422 e. The van der Waals surface area contributed by atoms with Crippen LogP contribution in [0.4, 0.5) is 30.8 Å². The van der Waals surface area contributed by atoms with Crippen molar-refractivity contribution in [2.24, 2.45) is 0 Å². The van der Waals surface area contributed by atoms with Crippen molar-refractivity contribution in [1.82, 2.24) is 15.0 Å². The SMILES string of the molecule is COC(=O)c1ccc2cc1OCCCC=CCCCOc1ccc(cc1)CNc1nc(nc(OCC(F)(F)F)n1)N2. The lowest BCUT2D eigenvalue weighted by atomic mass is 10.1. The largest absolute Gasteiger partial charge is 0.494 e. The van der Waals surface area contributed by atoms with Crippen molar-refractivity contribution < 1.29 is 36.9 Å². The van der Waals surface area contributed by atoms with E-state index in [4.69, 9.17) is 18.9 Å². The van der Waals surface area contributed by atoms with E-state index >= 15 is 0 Å². The third-order valence-corrected chi connectivity index (χ3v) is 5.72. The molecule has 1 aromatic heterocycles. The number of benzene rings is 2. The Morgan fingerprint density at radius 3 is 2.37 bits per heavy atom. The number of halogens is 3. The molecule has 2 aromatic carbocycles. The molecular formula is C28H30F3N5O5. The van der Waals surface area contributed by atoms with Gasteiger partial charge < -0.3 is 29.6 Å². The summed E-state index contributed by atoms with van der Waals surface area (Å²) in [6.07, 6.45) is 2.84. The number of hydrogen-bond donors (Lipinski definition) is 2. The van der Waals surface area contributed by atoms with Gasteiger partial charge in [0.25, 0.3) is 0 Å². The number of alkyl halides is 3. The normalized spacial score (nSPS) is 14.5. The molecule has 218 valence electrons. The fourth-order valence-corrected chi connectivity index (χ4v) is 3.72. The van der Waals surface area contributed by atoms with Gasteiger partial charge in [-0.25, -0.2) is 4.79 Å². The Kier molecular flexibility index (Phi) is 10.2. The van der Waals surface area contributed by atoms with Crippen molar-refractivity contribution in [3.05, 3.63) is 65.7 Å². The van der Waals surface area contributed by atoms with Gasteiger partial charge in [0.2, 0.25) is 11.9 Å². The Hall–Kier alpha value is -4.55.